The third-order valence-corrected chi connectivity index (χ3v) is 10.3. The predicted octanol–water partition coefficient (Wildman–Crippen LogP) is 4.20. The number of hydrogen-bond acceptors (Lipinski definition) is 6. The quantitative estimate of drug-likeness (QED) is 0.204. The Bertz CT molecular complexity index is 892. The highest BCUT2D eigenvalue weighted by molar-refractivity contribution is 8.02. The van der Waals surface area contributed by atoms with Gasteiger partial charge in [-0.3, -0.25) is 14.4 Å². The van der Waals surface area contributed by atoms with Crippen LogP contribution in [0.2, 0.25) is 0 Å². The molecule has 1 spiro atoms. The molecule has 3 aliphatic heterocycles. The molecule has 3 saturated heterocycles. The third kappa shape index (κ3) is 5.38. The van der Waals surface area contributed by atoms with E-state index in [1.165, 1.54) is 0 Å². The minimum atomic E-state index is -0.736. The number of carbonyl (C=O) groups excluding carboxylic acids is 3. The summed E-state index contributed by atoms with van der Waals surface area (Å²) in [5.41, 5.74) is 0. The third-order valence-electron chi connectivity index (χ3n) is 8.33. The molecule has 3 aliphatic rings. The Hall–Kier alpha value is -1.80. The lowest BCUT2D eigenvalue weighted by Gasteiger charge is -2.41. The monoisotopic (exact) mass is 534 g/mol. The number of esters is 1. The first-order valence-corrected chi connectivity index (χ1v) is 14.6. The maximum absolute atomic E-state index is 14.3. The Morgan fingerprint density at radius 3 is 2.49 bits per heavy atom. The smallest absolute Gasteiger partial charge is 0.311 e. The summed E-state index contributed by atoms with van der Waals surface area (Å²) in [5, 5.41) is 10.4. The van der Waals surface area contributed by atoms with Crippen molar-refractivity contribution >= 4 is 29.5 Å². The summed E-state index contributed by atoms with van der Waals surface area (Å²) >= 11 is 1.64. The van der Waals surface area contributed by atoms with Crippen LogP contribution < -0.4 is 0 Å². The van der Waals surface area contributed by atoms with Gasteiger partial charge in [0.15, 0.2) is 0 Å². The first kappa shape index (κ1) is 29.8. The number of thioether (sulfide) groups is 1. The van der Waals surface area contributed by atoms with Gasteiger partial charge in [-0.05, 0) is 65.2 Å². The van der Waals surface area contributed by atoms with Gasteiger partial charge in [-0.15, -0.1) is 24.9 Å². The van der Waals surface area contributed by atoms with Gasteiger partial charge < -0.3 is 19.6 Å². The number of fused-ring (bicyclic) bond motifs is 1. The van der Waals surface area contributed by atoms with Gasteiger partial charge in [-0.2, -0.15) is 0 Å². The van der Waals surface area contributed by atoms with Gasteiger partial charge in [-0.25, -0.2) is 0 Å². The number of aliphatic hydroxyl groups is 1. The van der Waals surface area contributed by atoms with Crippen LogP contribution in [0.1, 0.15) is 73.1 Å². The topological polar surface area (TPSA) is 87.1 Å². The molecular weight excluding hydrogens is 488 g/mol. The zero-order chi connectivity index (χ0) is 27.5. The number of likely N-dealkylation sites (tertiary alicyclic amines) is 1. The van der Waals surface area contributed by atoms with Crippen LogP contribution in [0.5, 0.6) is 0 Å². The van der Waals surface area contributed by atoms with E-state index in [1.54, 1.807) is 27.6 Å². The molecule has 7 nitrogen and oxygen atoms in total. The Morgan fingerprint density at radius 1 is 1.22 bits per heavy atom. The first-order valence-electron chi connectivity index (χ1n) is 13.8. The standard InChI is InChI=1S/C29H46N2O5S/c1-8-10-11-12-16-36-27(35)23-22-25(33)31(21(18-32)17-19(3)4)24(26(34)30(15-9-2)20(5)6)29(22)14-13-28(23,7)37-29/h8-9,19-24,32H,1-2,10-18H2,3-7H3/t21-,22+,23+,24?,28-,29?/m1/s1. The molecule has 2 unspecified atom stereocenters. The van der Waals surface area contributed by atoms with Crippen LogP contribution in [0.3, 0.4) is 0 Å². The molecule has 0 aromatic heterocycles. The molecule has 1 N–H and O–H groups in total. The summed E-state index contributed by atoms with van der Waals surface area (Å²) in [6.45, 7) is 18.1. The molecule has 0 saturated carbocycles. The number of hydrogen-bond donors (Lipinski definition) is 1. The van der Waals surface area contributed by atoms with Crippen molar-refractivity contribution in [1.82, 2.24) is 9.80 Å². The van der Waals surface area contributed by atoms with E-state index < -0.39 is 33.4 Å². The number of aliphatic hydroxyl groups excluding tert-OH is 1. The van der Waals surface area contributed by atoms with Crippen molar-refractivity contribution in [2.24, 2.45) is 17.8 Å². The van der Waals surface area contributed by atoms with Crippen LogP contribution in [0.4, 0.5) is 0 Å². The number of nitrogens with zero attached hydrogens (tertiary/aromatic N) is 2. The van der Waals surface area contributed by atoms with Crippen molar-refractivity contribution < 1.29 is 24.2 Å². The van der Waals surface area contributed by atoms with E-state index in [0.717, 1.165) is 25.7 Å². The van der Waals surface area contributed by atoms with Crippen molar-refractivity contribution in [3.8, 4) is 0 Å². The number of ether oxygens (including phenoxy) is 1. The molecule has 0 aromatic carbocycles. The maximum Gasteiger partial charge on any atom is 0.311 e. The van der Waals surface area contributed by atoms with E-state index in [1.807, 2.05) is 33.8 Å². The fraction of sp³-hybridized carbons (Fsp3) is 0.759. The molecular formula is C29H46N2O5S. The number of allylic oxidation sites excluding steroid dienone is 1. The molecule has 37 heavy (non-hydrogen) atoms. The van der Waals surface area contributed by atoms with Gasteiger partial charge in [-0.1, -0.05) is 26.0 Å². The lowest BCUT2D eigenvalue weighted by molar-refractivity contribution is -0.156. The fourth-order valence-electron chi connectivity index (χ4n) is 6.72. The molecule has 0 aromatic rings. The van der Waals surface area contributed by atoms with E-state index in [9.17, 15) is 19.5 Å². The summed E-state index contributed by atoms with van der Waals surface area (Å²) < 4.78 is 4.56. The molecule has 3 heterocycles. The molecule has 208 valence electrons. The molecule has 0 radical (unpaired) electrons. The van der Waals surface area contributed by atoms with Crippen LogP contribution in [0.15, 0.2) is 25.3 Å². The van der Waals surface area contributed by atoms with Crippen LogP contribution in [0, 0.1) is 17.8 Å². The normalized spacial score (nSPS) is 31.1. The Labute approximate surface area is 227 Å². The van der Waals surface area contributed by atoms with E-state index in [0.29, 0.717) is 26.0 Å². The lowest BCUT2D eigenvalue weighted by atomic mass is 9.66. The summed E-state index contributed by atoms with van der Waals surface area (Å²) in [6, 6.07) is -1.30. The average Bonchev–Trinajstić information content (AvgIpc) is 3.40. The average molecular weight is 535 g/mol. The van der Waals surface area contributed by atoms with Crippen LogP contribution >= 0.6 is 11.8 Å². The van der Waals surface area contributed by atoms with Crippen molar-refractivity contribution in [2.75, 3.05) is 19.8 Å². The van der Waals surface area contributed by atoms with Gasteiger partial charge in [0.05, 0.1) is 35.8 Å². The fourth-order valence-corrected chi connectivity index (χ4v) is 9.04. The van der Waals surface area contributed by atoms with Crippen molar-refractivity contribution in [1.29, 1.82) is 0 Å². The SMILES string of the molecule is C=CCCCCOC(=O)[C@@H]1[C@H]2C(=O)N([C@@H](CO)CC(C)C)C(C(=O)N(CC=C)C(C)C)C23CC[C@@]1(C)S3. The molecule has 8 heteroatoms. The van der Waals surface area contributed by atoms with E-state index in [4.69, 9.17) is 4.74 Å². The molecule has 6 atom stereocenters. The highest BCUT2D eigenvalue weighted by Gasteiger charge is 2.78. The largest absolute Gasteiger partial charge is 0.465 e. The first-order chi connectivity index (χ1) is 17.5. The van der Waals surface area contributed by atoms with E-state index in [-0.39, 0.29) is 36.4 Å². The van der Waals surface area contributed by atoms with Crippen molar-refractivity contribution in [3.63, 3.8) is 0 Å². The zero-order valence-electron chi connectivity index (χ0n) is 23.3. The van der Waals surface area contributed by atoms with Crippen LogP contribution in [-0.2, 0) is 19.1 Å². The highest BCUT2D eigenvalue weighted by Crippen LogP contribution is 2.71. The second-order valence-corrected chi connectivity index (χ2v) is 13.7. The maximum atomic E-state index is 14.3. The van der Waals surface area contributed by atoms with Crippen molar-refractivity contribution in [2.45, 2.75) is 101 Å². The minimum absolute atomic E-state index is 0.0777. The molecule has 3 fully saturated rings. The number of rotatable bonds is 14. The predicted molar refractivity (Wildman–Crippen MR) is 148 cm³/mol. The van der Waals surface area contributed by atoms with Gasteiger partial charge in [0.25, 0.3) is 0 Å². The van der Waals surface area contributed by atoms with Gasteiger partial charge in [0.1, 0.15) is 6.04 Å². The molecule has 2 amide bonds. The molecule has 3 rings (SSSR count). The molecule has 2 bridgehead atoms. The summed E-state index contributed by atoms with van der Waals surface area (Å²) in [4.78, 5) is 45.5. The number of amides is 2. The Balaban J connectivity index is 2.02. The molecule has 0 aliphatic carbocycles. The van der Waals surface area contributed by atoms with Gasteiger partial charge in [0.2, 0.25) is 11.8 Å². The van der Waals surface area contributed by atoms with E-state index >= 15 is 0 Å². The zero-order valence-corrected chi connectivity index (χ0v) is 24.1. The number of unbranched alkanes of at least 4 members (excludes halogenated alkanes) is 2. The van der Waals surface area contributed by atoms with Crippen LogP contribution in [0.25, 0.3) is 0 Å². The second kappa shape index (κ2) is 11.9. The summed E-state index contributed by atoms with van der Waals surface area (Å²) in [5.74, 6) is -1.66. The Morgan fingerprint density at radius 2 is 1.92 bits per heavy atom. The van der Waals surface area contributed by atoms with Crippen LogP contribution in [-0.4, -0.2) is 80.1 Å². The van der Waals surface area contributed by atoms with Gasteiger partial charge in [0, 0.05) is 17.3 Å². The second-order valence-electron chi connectivity index (χ2n) is 11.8. The summed E-state index contributed by atoms with van der Waals surface area (Å²) in [6.07, 6.45) is 8.07. The number of carbonyl (C=O) groups is 3. The lowest BCUT2D eigenvalue weighted by Crippen LogP contribution is -2.58. The van der Waals surface area contributed by atoms with Gasteiger partial charge >= 0.3 is 5.97 Å². The summed E-state index contributed by atoms with van der Waals surface area (Å²) in [7, 11) is 0. The van der Waals surface area contributed by atoms with Crippen molar-refractivity contribution in [3.05, 3.63) is 25.3 Å². The van der Waals surface area contributed by atoms with E-state index in [2.05, 4.69) is 20.1 Å². The minimum Gasteiger partial charge on any atom is -0.465 e. The highest BCUT2D eigenvalue weighted by atomic mass is 32.2. The Kier molecular flexibility index (Phi) is 9.60.